The summed E-state index contributed by atoms with van der Waals surface area (Å²) in [4.78, 5) is 3.61. The lowest BCUT2D eigenvalue weighted by Gasteiger charge is -1.58. The van der Waals surface area contributed by atoms with Gasteiger partial charge in [0.15, 0.2) is 0 Å². The van der Waals surface area contributed by atoms with Crippen molar-refractivity contribution in [1.82, 2.24) is 0 Å². The molecule has 0 atom stereocenters. The third-order valence-electron chi connectivity index (χ3n) is 0.583. The minimum absolute atomic E-state index is 1.50. The van der Waals surface area contributed by atoms with Gasteiger partial charge in [-0.25, -0.2) is 0 Å². The second kappa shape index (κ2) is 59.0. The summed E-state index contributed by atoms with van der Waals surface area (Å²) in [5.41, 5.74) is 0. The summed E-state index contributed by atoms with van der Waals surface area (Å²) in [6.07, 6.45) is 8.76. The lowest BCUT2D eigenvalue weighted by molar-refractivity contribution is 1.50. The van der Waals surface area contributed by atoms with Crippen molar-refractivity contribution in [3.8, 4) is 0 Å². The molecule has 0 aliphatic carbocycles. The van der Waals surface area contributed by atoms with E-state index in [9.17, 15) is 0 Å². The molecule has 0 spiro atoms. The van der Waals surface area contributed by atoms with Crippen molar-refractivity contribution in [1.29, 1.82) is 0 Å². The van der Waals surface area contributed by atoms with Crippen molar-refractivity contribution >= 4 is 6.21 Å². The van der Waals surface area contributed by atoms with Crippen LogP contribution in [0.15, 0.2) is 42.6 Å². The van der Waals surface area contributed by atoms with Gasteiger partial charge in [0, 0.05) is 12.4 Å². The van der Waals surface area contributed by atoms with Crippen LogP contribution in [0.5, 0.6) is 0 Å². The van der Waals surface area contributed by atoms with Crippen molar-refractivity contribution in [3.05, 3.63) is 37.6 Å². The summed E-state index contributed by atoms with van der Waals surface area (Å²) >= 11 is 0. The first kappa shape index (κ1) is 23.1. The van der Waals surface area contributed by atoms with Gasteiger partial charge in [-0.15, -0.1) is 0 Å². The SMILES string of the molecule is C=C/C=C\C.C=CN=CC.CC.CC. The minimum atomic E-state index is 1.50. The van der Waals surface area contributed by atoms with Crippen molar-refractivity contribution < 1.29 is 0 Å². The number of aliphatic imine (C=N–C) groups is 1. The average molecular weight is 197 g/mol. The Bertz CT molecular complexity index is 105. The van der Waals surface area contributed by atoms with Crippen molar-refractivity contribution in [2.75, 3.05) is 0 Å². The van der Waals surface area contributed by atoms with Gasteiger partial charge in [0.1, 0.15) is 0 Å². The van der Waals surface area contributed by atoms with Crippen LogP contribution in [0.3, 0.4) is 0 Å². The number of hydrogen-bond acceptors (Lipinski definition) is 1. The van der Waals surface area contributed by atoms with Gasteiger partial charge in [0.05, 0.1) is 0 Å². The highest BCUT2D eigenvalue weighted by Gasteiger charge is 1.42. The standard InChI is InChI=1S/C5H8.C4H7N.2C2H6/c2*1-3-5-4-2;2*1-2/h3-5H,1H2,2H3;3-4H,1H2,2H3;2*1-2H3/b5-4-;;;. The van der Waals surface area contributed by atoms with Crippen LogP contribution in [-0.4, -0.2) is 6.21 Å². The highest BCUT2D eigenvalue weighted by atomic mass is 14.6. The maximum atomic E-state index is 3.61. The van der Waals surface area contributed by atoms with Crippen molar-refractivity contribution in [2.45, 2.75) is 41.5 Å². The Morgan fingerprint density at radius 3 is 1.36 bits per heavy atom. The Hall–Kier alpha value is -1.11. The quantitative estimate of drug-likeness (QED) is 0.435. The van der Waals surface area contributed by atoms with Crippen LogP contribution in [-0.2, 0) is 0 Å². The molecule has 0 amide bonds. The van der Waals surface area contributed by atoms with Crippen LogP contribution in [0.4, 0.5) is 0 Å². The maximum absolute atomic E-state index is 3.61. The van der Waals surface area contributed by atoms with Crippen molar-refractivity contribution in [3.63, 3.8) is 0 Å². The van der Waals surface area contributed by atoms with Gasteiger partial charge in [-0.2, -0.15) is 0 Å². The van der Waals surface area contributed by atoms with E-state index in [2.05, 4.69) is 18.2 Å². The molecule has 84 valence electrons. The maximum Gasteiger partial charge on any atom is 0.0191 e. The molecule has 0 bridgehead atoms. The van der Waals surface area contributed by atoms with Crippen LogP contribution >= 0.6 is 0 Å². The molecule has 0 radical (unpaired) electrons. The Morgan fingerprint density at radius 1 is 0.929 bits per heavy atom. The van der Waals surface area contributed by atoms with Gasteiger partial charge in [-0.1, -0.05) is 59.1 Å². The molecule has 0 saturated carbocycles. The zero-order valence-corrected chi connectivity index (χ0v) is 10.7. The van der Waals surface area contributed by atoms with Crippen LogP contribution in [0.1, 0.15) is 41.5 Å². The summed E-state index contributed by atoms with van der Waals surface area (Å²) in [6.45, 7) is 18.6. The molecule has 0 aliphatic rings. The highest BCUT2D eigenvalue weighted by molar-refractivity contribution is 5.53. The Balaban J connectivity index is -0.0000000528. The van der Waals surface area contributed by atoms with E-state index in [-0.39, 0.29) is 0 Å². The minimum Gasteiger partial charge on any atom is -0.270 e. The van der Waals surface area contributed by atoms with E-state index >= 15 is 0 Å². The predicted molar refractivity (Wildman–Crippen MR) is 72.1 cm³/mol. The third-order valence-corrected chi connectivity index (χ3v) is 0.583. The number of hydrogen-bond donors (Lipinski definition) is 0. The predicted octanol–water partition coefficient (Wildman–Crippen LogP) is 5.02. The molecule has 0 heterocycles. The lowest BCUT2D eigenvalue weighted by Crippen LogP contribution is -1.46. The lowest BCUT2D eigenvalue weighted by atomic mass is 10.5. The molecular weight excluding hydrogens is 170 g/mol. The zero-order valence-electron chi connectivity index (χ0n) is 10.7. The molecule has 0 aromatic heterocycles. The molecule has 0 rings (SSSR count). The number of rotatable bonds is 2. The Kier molecular flexibility index (Phi) is 97.1. The fourth-order valence-corrected chi connectivity index (χ4v) is 0.241. The normalized spacial score (nSPS) is 7.29. The van der Waals surface area contributed by atoms with Crippen LogP contribution in [0.25, 0.3) is 0 Å². The van der Waals surface area contributed by atoms with E-state index in [1.165, 1.54) is 6.20 Å². The molecule has 14 heavy (non-hydrogen) atoms. The van der Waals surface area contributed by atoms with Crippen molar-refractivity contribution in [2.24, 2.45) is 4.99 Å². The molecular formula is C13H27N. The second-order valence-electron chi connectivity index (χ2n) is 1.35. The first-order chi connectivity index (χ1) is 6.83. The van der Waals surface area contributed by atoms with E-state index in [1.54, 1.807) is 12.3 Å². The molecule has 1 nitrogen and oxygen atoms in total. The monoisotopic (exact) mass is 197 g/mol. The van der Waals surface area contributed by atoms with Gasteiger partial charge in [-0.3, -0.25) is 4.99 Å². The topological polar surface area (TPSA) is 12.4 Å². The van der Waals surface area contributed by atoms with E-state index < -0.39 is 0 Å². The largest absolute Gasteiger partial charge is 0.270 e. The fraction of sp³-hybridized carbons (Fsp3) is 0.462. The van der Waals surface area contributed by atoms with Crippen LogP contribution in [0, 0.1) is 0 Å². The molecule has 1 heteroatoms. The summed E-state index contributed by atoms with van der Waals surface area (Å²) in [6, 6.07) is 0. The van der Waals surface area contributed by atoms with Gasteiger partial charge in [0.25, 0.3) is 0 Å². The molecule has 0 aliphatic heterocycles. The fourth-order valence-electron chi connectivity index (χ4n) is 0.241. The second-order valence-corrected chi connectivity index (χ2v) is 1.35. The summed E-state index contributed by atoms with van der Waals surface area (Å²) in [5.74, 6) is 0. The Labute approximate surface area is 91.0 Å². The number of allylic oxidation sites excluding steroid dienone is 3. The van der Waals surface area contributed by atoms with Crippen LogP contribution < -0.4 is 0 Å². The first-order valence-electron chi connectivity index (χ1n) is 5.15. The van der Waals surface area contributed by atoms with E-state index in [4.69, 9.17) is 0 Å². The van der Waals surface area contributed by atoms with E-state index in [0.29, 0.717) is 0 Å². The van der Waals surface area contributed by atoms with Gasteiger partial charge in [-0.05, 0) is 13.8 Å². The summed E-state index contributed by atoms with van der Waals surface area (Å²) < 4.78 is 0. The molecule has 0 fully saturated rings. The molecule has 0 aromatic rings. The molecule has 0 N–H and O–H groups in total. The summed E-state index contributed by atoms with van der Waals surface area (Å²) in [7, 11) is 0. The zero-order chi connectivity index (χ0) is 12.2. The number of nitrogens with zero attached hydrogens (tertiary/aromatic N) is 1. The smallest absolute Gasteiger partial charge is 0.0191 e. The Morgan fingerprint density at radius 2 is 1.36 bits per heavy atom. The highest BCUT2D eigenvalue weighted by Crippen LogP contribution is 1.64. The van der Waals surface area contributed by atoms with E-state index in [1.807, 2.05) is 53.7 Å². The first-order valence-corrected chi connectivity index (χ1v) is 5.15. The van der Waals surface area contributed by atoms with Crippen LogP contribution in [0.2, 0.25) is 0 Å². The summed E-state index contributed by atoms with van der Waals surface area (Å²) in [5, 5.41) is 0. The van der Waals surface area contributed by atoms with Gasteiger partial charge in [0.2, 0.25) is 0 Å². The third kappa shape index (κ3) is 128. The van der Waals surface area contributed by atoms with Gasteiger partial charge >= 0.3 is 0 Å². The molecule has 0 unspecified atom stereocenters. The molecule has 0 saturated heterocycles. The van der Waals surface area contributed by atoms with E-state index in [0.717, 1.165) is 0 Å². The average Bonchev–Trinajstić information content (AvgIpc) is 2.27. The van der Waals surface area contributed by atoms with Gasteiger partial charge < -0.3 is 0 Å². The molecule has 0 aromatic carbocycles.